The van der Waals surface area contributed by atoms with Crippen LogP contribution in [0.1, 0.15) is 33.6 Å². The van der Waals surface area contributed by atoms with Crippen LogP contribution in [-0.2, 0) is 14.3 Å². The Morgan fingerprint density at radius 2 is 1.58 bits per heavy atom. The number of Topliss-reactive ketones (excluding diaryl/α,β-unsaturated/α-hetero) is 2. The molecule has 0 atom stereocenters. The van der Waals surface area contributed by atoms with Gasteiger partial charge in [-0.3, -0.25) is 9.59 Å². The van der Waals surface area contributed by atoms with E-state index >= 15 is 0 Å². The molecule has 0 N–H and O–H groups in total. The predicted molar refractivity (Wildman–Crippen MR) is 43.9 cm³/mol. The highest BCUT2D eigenvalue weighted by molar-refractivity contribution is 6.11. The van der Waals surface area contributed by atoms with Crippen LogP contribution in [0.4, 0.5) is 0 Å². The summed E-state index contributed by atoms with van der Waals surface area (Å²) in [5, 5.41) is 0. The van der Waals surface area contributed by atoms with Crippen molar-refractivity contribution in [3.63, 3.8) is 0 Å². The van der Waals surface area contributed by atoms with E-state index in [1.54, 1.807) is 0 Å². The Morgan fingerprint density at radius 3 is 1.92 bits per heavy atom. The number of ketones is 2. The number of hydrogen-bond acceptors (Lipinski definition) is 3. The van der Waals surface area contributed by atoms with Crippen LogP contribution < -0.4 is 0 Å². The van der Waals surface area contributed by atoms with Crippen molar-refractivity contribution in [2.24, 2.45) is 0 Å². The van der Waals surface area contributed by atoms with Gasteiger partial charge in [0.15, 0.2) is 17.7 Å². The predicted octanol–water partition coefficient (Wildman–Crippen LogP) is 1.10. The van der Waals surface area contributed by atoms with Crippen LogP contribution >= 0.6 is 0 Å². The second-order valence-electron chi connectivity index (χ2n) is 4.04. The monoisotopic (exact) mass is 170 g/mol. The van der Waals surface area contributed by atoms with Gasteiger partial charge in [-0.05, 0) is 20.8 Å². The first kappa shape index (κ1) is 9.39. The molecule has 0 aromatic carbocycles. The molecule has 0 radical (unpaired) electrons. The van der Waals surface area contributed by atoms with E-state index in [4.69, 9.17) is 4.74 Å². The molecule has 0 bridgehead atoms. The van der Waals surface area contributed by atoms with Crippen LogP contribution in [0.3, 0.4) is 0 Å². The van der Waals surface area contributed by atoms with Crippen molar-refractivity contribution in [1.82, 2.24) is 0 Å². The van der Waals surface area contributed by atoms with Crippen LogP contribution in [0.2, 0.25) is 0 Å². The fourth-order valence-corrected chi connectivity index (χ4v) is 1.17. The highest BCUT2D eigenvalue weighted by atomic mass is 16.5. The minimum Gasteiger partial charge on any atom is -0.357 e. The Morgan fingerprint density at radius 1 is 1.17 bits per heavy atom. The molecule has 0 amide bonds. The number of rotatable bonds is 1. The molecule has 3 heteroatoms. The van der Waals surface area contributed by atoms with Crippen molar-refractivity contribution in [2.75, 3.05) is 0 Å². The first-order valence-corrected chi connectivity index (χ1v) is 4.13. The van der Waals surface area contributed by atoms with Gasteiger partial charge in [0.2, 0.25) is 0 Å². The average Bonchev–Trinajstić information content (AvgIpc) is 2.16. The summed E-state index contributed by atoms with van der Waals surface area (Å²) in [6.07, 6.45) is -0.0934. The molecule has 1 saturated carbocycles. The topological polar surface area (TPSA) is 43.4 Å². The van der Waals surface area contributed by atoms with Gasteiger partial charge in [-0.1, -0.05) is 0 Å². The normalized spacial score (nSPS) is 20.6. The Hall–Kier alpha value is -0.700. The highest BCUT2D eigenvalue weighted by Gasteiger charge is 2.36. The summed E-state index contributed by atoms with van der Waals surface area (Å²) in [6.45, 7) is 5.52. The summed E-state index contributed by atoms with van der Waals surface area (Å²) in [7, 11) is 0. The fraction of sp³-hybridized carbons (Fsp3) is 0.778. The zero-order chi connectivity index (χ0) is 9.35. The number of carbonyl (C=O) groups is 2. The van der Waals surface area contributed by atoms with E-state index in [-0.39, 0.29) is 11.6 Å². The van der Waals surface area contributed by atoms with Crippen molar-refractivity contribution >= 4 is 11.6 Å². The Kier molecular flexibility index (Phi) is 2.33. The van der Waals surface area contributed by atoms with Crippen molar-refractivity contribution in [2.45, 2.75) is 45.3 Å². The maximum absolute atomic E-state index is 11.1. The second kappa shape index (κ2) is 2.98. The van der Waals surface area contributed by atoms with Crippen molar-refractivity contribution in [3.05, 3.63) is 0 Å². The van der Waals surface area contributed by atoms with E-state index in [2.05, 4.69) is 0 Å². The van der Waals surface area contributed by atoms with Gasteiger partial charge in [0, 0.05) is 12.8 Å². The van der Waals surface area contributed by atoms with Crippen molar-refractivity contribution in [1.29, 1.82) is 0 Å². The molecule has 12 heavy (non-hydrogen) atoms. The molecule has 0 aromatic rings. The van der Waals surface area contributed by atoms with E-state index in [1.807, 2.05) is 20.8 Å². The van der Waals surface area contributed by atoms with Crippen LogP contribution in [0.5, 0.6) is 0 Å². The van der Waals surface area contributed by atoms with Gasteiger partial charge in [-0.25, -0.2) is 0 Å². The minimum atomic E-state index is -0.787. The zero-order valence-electron chi connectivity index (χ0n) is 7.72. The molecule has 0 saturated heterocycles. The summed E-state index contributed by atoms with van der Waals surface area (Å²) in [5.74, 6) is -0.148. The zero-order valence-corrected chi connectivity index (χ0v) is 7.72. The van der Waals surface area contributed by atoms with Crippen LogP contribution in [-0.4, -0.2) is 23.3 Å². The lowest BCUT2D eigenvalue weighted by atomic mass is 10.1. The molecule has 0 aromatic heterocycles. The fourth-order valence-electron chi connectivity index (χ4n) is 1.17. The minimum absolute atomic E-state index is 0.0741. The Bertz CT molecular complexity index is 196. The van der Waals surface area contributed by atoms with E-state index in [0.29, 0.717) is 12.8 Å². The molecular weight excluding hydrogens is 156 g/mol. The maximum Gasteiger partial charge on any atom is 0.174 e. The summed E-state index contributed by atoms with van der Waals surface area (Å²) < 4.78 is 5.32. The molecule has 3 nitrogen and oxygen atoms in total. The molecule has 68 valence electrons. The third kappa shape index (κ3) is 2.14. The summed E-state index contributed by atoms with van der Waals surface area (Å²) in [4.78, 5) is 22.2. The van der Waals surface area contributed by atoms with Gasteiger partial charge in [-0.15, -0.1) is 0 Å². The van der Waals surface area contributed by atoms with Gasteiger partial charge >= 0.3 is 0 Å². The second-order valence-corrected chi connectivity index (χ2v) is 4.04. The quantitative estimate of drug-likeness (QED) is 0.553. The van der Waals surface area contributed by atoms with Crippen LogP contribution in [0.25, 0.3) is 0 Å². The van der Waals surface area contributed by atoms with Gasteiger partial charge in [0.25, 0.3) is 0 Å². The molecule has 0 unspecified atom stereocenters. The summed E-state index contributed by atoms with van der Waals surface area (Å²) in [5.41, 5.74) is -0.416. The SMILES string of the molecule is CC(C)(C)OC1C(=O)CCC1=O. The molecule has 1 rings (SSSR count). The van der Waals surface area contributed by atoms with Gasteiger partial charge in [0.05, 0.1) is 5.60 Å². The van der Waals surface area contributed by atoms with E-state index in [1.165, 1.54) is 0 Å². The van der Waals surface area contributed by atoms with Crippen LogP contribution in [0.15, 0.2) is 0 Å². The molecule has 0 spiro atoms. The van der Waals surface area contributed by atoms with Gasteiger partial charge < -0.3 is 4.74 Å². The maximum atomic E-state index is 11.1. The Balaban J connectivity index is 2.62. The first-order chi connectivity index (χ1) is 5.40. The van der Waals surface area contributed by atoms with Gasteiger partial charge in [0.1, 0.15) is 0 Å². The van der Waals surface area contributed by atoms with Crippen molar-refractivity contribution in [3.8, 4) is 0 Å². The average molecular weight is 170 g/mol. The molecule has 0 aliphatic heterocycles. The summed E-state index contributed by atoms with van der Waals surface area (Å²) in [6, 6.07) is 0. The van der Waals surface area contributed by atoms with E-state index in [0.717, 1.165) is 0 Å². The standard InChI is InChI=1S/C9H14O3/c1-9(2,3)12-8-6(10)4-5-7(8)11/h8H,4-5H2,1-3H3. The van der Waals surface area contributed by atoms with Crippen LogP contribution in [0, 0.1) is 0 Å². The molecule has 1 fully saturated rings. The van der Waals surface area contributed by atoms with E-state index < -0.39 is 11.7 Å². The lowest BCUT2D eigenvalue weighted by Gasteiger charge is -2.22. The number of carbonyl (C=O) groups excluding carboxylic acids is 2. The first-order valence-electron chi connectivity index (χ1n) is 4.13. The highest BCUT2D eigenvalue weighted by Crippen LogP contribution is 2.20. The number of ether oxygens (including phenoxy) is 1. The smallest absolute Gasteiger partial charge is 0.174 e. The Labute approximate surface area is 72.1 Å². The lowest BCUT2D eigenvalue weighted by Crippen LogP contribution is -2.34. The largest absolute Gasteiger partial charge is 0.357 e. The van der Waals surface area contributed by atoms with Gasteiger partial charge in [-0.2, -0.15) is 0 Å². The summed E-state index contributed by atoms with van der Waals surface area (Å²) >= 11 is 0. The molecular formula is C9H14O3. The lowest BCUT2D eigenvalue weighted by molar-refractivity contribution is -0.146. The van der Waals surface area contributed by atoms with E-state index in [9.17, 15) is 9.59 Å². The molecule has 1 aliphatic rings. The van der Waals surface area contributed by atoms with Crippen molar-refractivity contribution < 1.29 is 14.3 Å². The third-order valence-electron chi connectivity index (χ3n) is 1.67. The number of hydrogen-bond donors (Lipinski definition) is 0. The third-order valence-corrected chi connectivity index (χ3v) is 1.67. The molecule has 1 aliphatic carbocycles. The molecule has 0 heterocycles.